The van der Waals surface area contributed by atoms with E-state index >= 15 is 0 Å². The molecule has 0 radical (unpaired) electrons. The van der Waals surface area contributed by atoms with E-state index in [4.69, 9.17) is 0 Å². The summed E-state index contributed by atoms with van der Waals surface area (Å²) in [4.78, 5) is 13.9. The van der Waals surface area contributed by atoms with Crippen LogP contribution < -0.4 is 0 Å². The van der Waals surface area contributed by atoms with Crippen LogP contribution in [0.1, 0.15) is 55.7 Å². The maximum Gasteiger partial charge on any atom is 0.243 e. The Bertz CT molecular complexity index is 844. The first kappa shape index (κ1) is 19.8. The van der Waals surface area contributed by atoms with Gasteiger partial charge in [0.05, 0.1) is 10.9 Å². The second-order valence-electron chi connectivity index (χ2n) is 8.56. The van der Waals surface area contributed by atoms with Crippen LogP contribution in [0.3, 0.4) is 0 Å². The summed E-state index contributed by atoms with van der Waals surface area (Å²) in [6.45, 7) is 2.66. The molecule has 4 atom stereocenters. The largest absolute Gasteiger partial charge is 0.338 e. The smallest absolute Gasteiger partial charge is 0.243 e. The second-order valence-corrected chi connectivity index (χ2v) is 10.5. The second kappa shape index (κ2) is 7.75. The Morgan fingerprint density at radius 1 is 1.11 bits per heavy atom. The molecule has 2 aliphatic heterocycles. The highest BCUT2D eigenvalue weighted by molar-refractivity contribution is 7.89. The van der Waals surface area contributed by atoms with Gasteiger partial charge < -0.3 is 4.90 Å². The first-order valence-corrected chi connectivity index (χ1v) is 11.8. The predicted molar refractivity (Wildman–Crippen MR) is 105 cm³/mol. The summed E-state index contributed by atoms with van der Waals surface area (Å²) in [6, 6.07) is 5.47. The molecule has 0 aromatic heterocycles. The van der Waals surface area contributed by atoms with Crippen molar-refractivity contribution in [2.45, 2.75) is 62.6 Å². The summed E-state index contributed by atoms with van der Waals surface area (Å²) in [5.74, 6) is 0.982. The summed E-state index contributed by atoms with van der Waals surface area (Å²) in [5.41, 5.74) is 1.56. The number of carbonyl (C=O) groups is 1. The van der Waals surface area contributed by atoms with Crippen LogP contribution in [0.25, 0.3) is 0 Å². The van der Waals surface area contributed by atoms with E-state index in [1.807, 2.05) is 17.0 Å². The van der Waals surface area contributed by atoms with E-state index < -0.39 is 16.2 Å². The van der Waals surface area contributed by atoms with Crippen molar-refractivity contribution in [1.82, 2.24) is 9.21 Å². The van der Waals surface area contributed by atoms with Crippen LogP contribution in [0.2, 0.25) is 0 Å². The first-order chi connectivity index (χ1) is 13.4. The van der Waals surface area contributed by atoms with Gasteiger partial charge in [0, 0.05) is 19.6 Å². The molecule has 1 aromatic rings. The quantitative estimate of drug-likeness (QED) is 0.717. The third-order valence-electron chi connectivity index (χ3n) is 6.89. The Hall–Kier alpha value is -1.47. The fraction of sp³-hybridized carbons (Fsp3) is 0.667. The molecular weight excluding hydrogens is 379 g/mol. The Balaban J connectivity index is 1.72. The lowest BCUT2D eigenvalue weighted by molar-refractivity contribution is -0.125. The number of nitrogens with zero attached hydrogens (tertiary/aromatic N) is 2. The fourth-order valence-electron chi connectivity index (χ4n) is 5.39. The normalized spacial score (nSPS) is 31.6. The molecule has 2 saturated heterocycles. The maximum atomic E-state index is 13.6. The molecule has 7 heteroatoms. The van der Waals surface area contributed by atoms with Gasteiger partial charge in [0.15, 0.2) is 0 Å². The molecule has 4 rings (SSSR count). The van der Waals surface area contributed by atoms with Crippen molar-refractivity contribution >= 4 is 16.4 Å². The van der Waals surface area contributed by atoms with Crippen LogP contribution in [-0.2, 0) is 14.8 Å². The SMILES string of the molecule is Cc1ccc(C2C3CCCCC3CCN2C=O)cc1S(=O)(=O)N1CCC(F)C1. The summed E-state index contributed by atoms with van der Waals surface area (Å²) in [5, 5.41) is 0. The van der Waals surface area contributed by atoms with Crippen molar-refractivity contribution in [1.29, 1.82) is 0 Å². The van der Waals surface area contributed by atoms with Crippen molar-refractivity contribution in [3.8, 4) is 0 Å². The lowest BCUT2D eigenvalue weighted by Crippen LogP contribution is -2.43. The number of carbonyl (C=O) groups excluding carboxylic acids is 1. The number of amides is 1. The number of sulfonamides is 1. The standard InChI is InChI=1S/C21H29FN2O3S/c1-15-6-7-17(12-20(15)28(26,27)24-11-9-18(22)13-24)21-19-5-3-2-4-16(19)8-10-23(21)14-25/h6-7,12,14,16,18-19,21H,2-5,8-11,13H2,1H3. The monoisotopic (exact) mass is 408 g/mol. The third-order valence-corrected chi connectivity index (χ3v) is 8.90. The van der Waals surface area contributed by atoms with Gasteiger partial charge in [0.25, 0.3) is 0 Å². The zero-order valence-electron chi connectivity index (χ0n) is 16.4. The fourth-order valence-corrected chi connectivity index (χ4v) is 7.13. The average molecular weight is 409 g/mol. The molecule has 5 nitrogen and oxygen atoms in total. The van der Waals surface area contributed by atoms with E-state index in [1.165, 1.54) is 17.1 Å². The lowest BCUT2D eigenvalue weighted by atomic mass is 9.69. The number of piperidine rings is 1. The molecule has 2 heterocycles. The molecule has 0 bridgehead atoms. The highest BCUT2D eigenvalue weighted by Gasteiger charge is 2.40. The molecule has 4 unspecified atom stereocenters. The van der Waals surface area contributed by atoms with Gasteiger partial charge in [0.1, 0.15) is 6.17 Å². The van der Waals surface area contributed by atoms with Gasteiger partial charge in [-0.3, -0.25) is 4.79 Å². The molecular formula is C21H29FN2O3S. The van der Waals surface area contributed by atoms with Crippen LogP contribution in [0.4, 0.5) is 4.39 Å². The third kappa shape index (κ3) is 3.47. The molecule has 1 aliphatic carbocycles. The number of likely N-dealkylation sites (tertiary alicyclic amines) is 1. The Labute approximate surface area is 166 Å². The van der Waals surface area contributed by atoms with E-state index in [1.54, 1.807) is 13.0 Å². The number of alkyl halides is 1. The lowest BCUT2D eigenvalue weighted by Gasteiger charge is -2.46. The average Bonchev–Trinajstić information content (AvgIpc) is 3.14. The Morgan fingerprint density at radius 2 is 1.89 bits per heavy atom. The van der Waals surface area contributed by atoms with Crippen molar-refractivity contribution in [3.63, 3.8) is 0 Å². The molecule has 154 valence electrons. The van der Waals surface area contributed by atoms with E-state index in [-0.39, 0.29) is 30.4 Å². The van der Waals surface area contributed by atoms with E-state index in [2.05, 4.69) is 0 Å². The number of rotatable bonds is 4. The molecule has 1 aromatic carbocycles. The van der Waals surface area contributed by atoms with Crippen LogP contribution in [0.15, 0.2) is 23.1 Å². The first-order valence-electron chi connectivity index (χ1n) is 10.4. The summed E-state index contributed by atoms with van der Waals surface area (Å²) >= 11 is 0. The van der Waals surface area contributed by atoms with Crippen molar-refractivity contribution in [2.75, 3.05) is 19.6 Å². The molecule has 1 amide bonds. The van der Waals surface area contributed by atoms with E-state index in [0.29, 0.717) is 17.4 Å². The number of halogens is 1. The molecule has 28 heavy (non-hydrogen) atoms. The Kier molecular flexibility index (Phi) is 5.49. The molecule has 3 fully saturated rings. The summed E-state index contributed by atoms with van der Waals surface area (Å²) < 4.78 is 41.2. The number of aryl methyl sites for hydroxylation is 1. The summed E-state index contributed by atoms with van der Waals surface area (Å²) in [7, 11) is -3.73. The van der Waals surface area contributed by atoms with Gasteiger partial charge in [0.2, 0.25) is 16.4 Å². The highest BCUT2D eigenvalue weighted by atomic mass is 32.2. The molecule has 0 spiro atoms. The number of fused-ring (bicyclic) bond motifs is 1. The number of hydrogen-bond donors (Lipinski definition) is 0. The van der Waals surface area contributed by atoms with Crippen LogP contribution in [0, 0.1) is 18.8 Å². The van der Waals surface area contributed by atoms with E-state index in [0.717, 1.165) is 37.8 Å². The summed E-state index contributed by atoms with van der Waals surface area (Å²) in [6.07, 6.45) is 5.77. The minimum Gasteiger partial charge on any atom is -0.338 e. The highest BCUT2D eigenvalue weighted by Crippen LogP contribution is 2.46. The van der Waals surface area contributed by atoms with Crippen molar-refractivity contribution in [2.24, 2.45) is 11.8 Å². The van der Waals surface area contributed by atoms with Crippen LogP contribution in [0.5, 0.6) is 0 Å². The van der Waals surface area contributed by atoms with E-state index in [9.17, 15) is 17.6 Å². The van der Waals surface area contributed by atoms with Gasteiger partial charge in [-0.25, -0.2) is 12.8 Å². The zero-order chi connectivity index (χ0) is 19.9. The maximum absolute atomic E-state index is 13.6. The van der Waals surface area contributed by atoms with Gasteiger partial charge in [-0.15, -0.1) is 0 Å². The molecule has 1 saturated carbocycles. The minimum absolute atomic E-state index is 0.0689. The topological polar surface area (TPSA) is 57.7 Å². The van der Waals surface area contributed by atoms with Gasteiger partial charge in [-0.1, -0.05) is 31.4 Å². The van der Waals surface area contributed by atoms with Crippen LogP contribution >= 0.6 is 0 Å². The van der Waals surface area contributed by atoms with Gasteiger partial charge in [-0.2, -0.15) is 4.31 Å². The van der Waals surface area contributed by atoms with Gasteiger partial charge >= 0.3 is 0 Å². The van der Waals surface area contributed by atoms with Crippen LogP contribution in [-0.4, -0.2) is 49.8 Å². The minimum atomic E-state index is -3.73. The molecule has 0 N–H and O–H groups in total. The Morgan fingerprint density at radius 3 is 2.61 bits per heavy atom. The van der Waals surface area contributed by atoms with Gasteiger partial charge in [-0.05, 0) is 55.2 Å². The van der Waals surface area contributed by atoms with Crippen molar-refractivity contribution < 1.29 is 17.6 Å². The predicted octanol–water partition coefficient (Wildman–Crippen LogP) is 3.44. The molecule has 3 aliphatic rings. The number of hydrogen-bond acceptors (Lipinski definition) is 3. The zero-order valence-corrected chi connectivity index (χ0v) is 17.2. The van der Waals surface area contributed by atoms with Crippen molar-refractivity contribution in [3.05, 3.63) is 29.3 Å². The number of benzene rings is 1.